The van der Waals surface area contributed by atoms with E-state index in [1.807, 2.05) is 36.4 Å². The van der Waals surface area contributed by atoms with E-state index < -0.39 is 24.3 Å². The Morgan fingerprint density at radius 1 is 1.07 bits per heavy atom. The van der Waals surface area contributed by atoms with Crippen molar-refractivity contribution in [3.8, 4) is 11.1 Å². The van der Waals surface area contributed by atoms with Gasteiger partial charge >= 0.3 is 12.1 Å². The number of hydrogen-bond donors (Lipinski definition) is 0. The van der Waals surface area contributed by atoms with Crippen LogP contribution in [0.5, 0.6) is 0 Å². The Morgan fingerprint density at radius 3 is 2.26 bits per heavy atom. The lowest BCUT2D eigenvalue weighted by Crippen LogP contribution is -2.45. The third kappa shape index (κ3) is 2.95. The van der Waals surface area contributed by atoms with E-state index in [0.717, 1.165) is 27.2 Å². The van der Waals surface area contributed by atoms with Crippen molar-refractivity contribution in [2.75, 3.05) is 20.3 Å². The number of fused-ring (bicyclic) bond motifs is 3. The zero-order valence-corrected chi connectivity index (χ0v) is 14.9. The van der Waals surface area contributed by atoms with Gasteiger partial charge in [0.15, 0.2) is 6.04 Å². The van der Waals surface area contributed by atoms with Crippen LogP contribution in [-0.2, 0) is 14.3 Å². The first-order chi connectivity index (χ1) is 13.1. The summed E-state index contributed by atoms with van der Waals surface area (Å²) in [6.45, 7) is 0.270. The number of alkyl halides is 1. The minimum atomic E-state index is -1.43. The van der Waals surface area contributed by atoms with E-state index in [4.69, 9.17) is 4.74 Å². The van der Waals surface area contributed by atoms with Crippen molar-refractivity contribution in [3.05, 3.63) is 59.7 Å². The second-order valence-corrected chi connectivity index (χ2v) is 6.77. The first kappa shape index (κ1) is 17.5. The molecule has 2 aromatic carbocycles. The van der Waals surface area contributed by atoms with Crippen LogP contribution in [0.3, 0.4) is 0 Å². The van der Waals surface area contributed by atoms with Crippen molar-refractivity contribution in [1.29, 1.82) is 0 Å². The number of esters is 1. The maximum absolute atomic E-state index is 14.0. The lowest BCUT2D eigenvalue weighted by atomic mass is 9.98. The highest BCUT2D eigenvalue weighted by Gasteiger charge is 2.44. The number of benzene rings is 2. The van der Waals surface area contributed by atoms with Gasteiger partial charge < -0.3 is 9.47 Å². The largest absolute Gasteiger partial charge is 0.467 e. The van der Waals surface area contributed by atoms with Crippen LogP contribution in [0.1, 0.15) is 23.5 Å². The van der Waals surface area contributed by atoms with Gasteiger partial charge in [0.25, 0.3) is 0 Å². The third-order valence-corrected chi connectivity index (χ3v) is 5.34. The van der Waals surface area contributed by atoms with Gasteiger partial charge in [-0.2, -0.15) is 0 Å². The monoisotopic (exact) mass is 369 g/mol. The Hall–Kier alpha value is -2.89. The van der Waals surface area contributed by atoms with Gasteiger partial charge in [0.1, 0.15) is 12.8 Å². The van der Waals surface area contributed by atoms with E-state index in [9.17, 15) is 14.0 Å². The summed E-state index contributed by atoms with van der Waals surface area (Å²) in [5.74, 6) is -0.838. The van der Waals surface area contributed by atoms with Gasteiger partial charge in [-0.25, -0.2) is 14.0 Å². The zero-order chi connectivity index (χ0) is 19.0. The quantitative estimate of drug-likeness (QED) is 0.777. The predicted octanol–water partition coefficient (Wildman–Crippen LogP) is 3.52. The Labute approximate surface area is 156 Å². The van der Waals surface area contributed by atoms with Crippen molar-refractivity contribution < 1.29 is 23.5 Å². The number of rotatable bonds is 3. The number of amides is 1. The molecule has 6 heteroatoms. The van der Waals surface area contributed by atoms with Gasteiger partial charge in [0.2, 0.25) is 0 Å². The van der Waals surface area contributed by atoms with Gasteiger partial charge in [-0.15, -0.1) is 0 Å². The molecular weight excluding hydrogens is 349 g/mol. The van der Waals surface area contributed by atoms with Gasteiger partial charge in [-0.05, 0) is 28.7 Å². The molecule has 0 radical (unpaired) electrons. The van der Waals surface area contributed by atoms with Crippen molar-refractivity contribution >= 4 is 12.1 Å². The van der Waals surface area contributed by atoms with Crippen LogP contribution in [0, 0.1) is 0 Å². The maximum atomic E-state index is 14.0. The average Bonchev–Trinajstić information content (AvgIpc) is 3.24. The van der Waals surface area contributed by atoms with Crippen molar-refractivity contribution in [2.45, 2.75) is 24.6 Å². The van der Waals surface area contributed by atoms with Crippen LogP contribution in [0.2, 0.25) is 0 Å². The molecular formula is C21H20FNO4. The summed E-state index contributed by atoms with van der Waals surface area (Å²) in [7, 11) is 1.18. The van der Waals surface area contributed by atoms with Crippen LogP contribution >= 0.6 is 0 Å². The molecule has 1 fully saturated rings. The van der Waals surface area contributed by atoms with Crippen LogP contribution in [0.15, 0.2) is 48.5 Å². The van der Waals surface area contributed by atoms with Gasteiger partial charge in [0.05, 0.1) is 7.11 Å². The first-order valence-electron chi connectivity index (χ1n) is 8.95. The normalized spacial score (nSPS) is 20.9. The second kappa shape index (κ2) is 7.02. The van der Waals surface area contributed by atoms with E-state index in [1.54, 1.807) is 0 Å². The molecule has 0 bridgehead atoms. The van der Waals surface area contributed by atoms with Gasteiger partial charge in [-0.1, -0.05) is 48.5 Å². The van der Waals surface area contributed by atoms with E-state index in [0.29, 0.717) is 0 Å². The standard InChI is InChI=1S/C21H20FNO4/c1-26-20(24)19-18(22)10-11-23(19)21(25)27-12-17-15-8-4-2-6-13(15)14-7-3-5-9-16(14)17/h2-9,17-19H,10-12H2,1H3/t18-,19-/m0/s1. The number of likely N-dealkylation sites (tertiary alicyclic amines) is 1. The lowest BCUT2D eigenvalue weighted by molar-refractivity contribution is -0.146. The summed E-state index contributed by atoms with van der Waals surface area (Å²) >= 11 is 0. The Kier molecular flexibility index (Phi) is 4.56. The molecule has 0 N–H and O–H groups in total. The number of carbonyl (C=O) groups is 2. The van der Waals surface area contributed by atoms with Crippen LogP contribution in [0.4, 0.5) is 9.18 Å². The fourth-order valence-corrected chi connectivity index (χ4v) is 4.03. The van der Waals surface area contributed by atoms with Crippen LogP contribution < -0.4 is 0 Å². The molecule has 2 aromatic rings. The van der Waals surface area contributed by atoms with E-state index in [2.05, 4.69) is 16.9 Å². The van der Waals surface area contributed by atoms with Crippen LogP contribution in [-0.4, -0.2) is 49.4 Å². The molecule has 1 saturated heterocycles. The smallest absolute Gasteiger partial charge is 0.410 e. The molecule has 1 heterocycles. The molecule has 2 atom stereocenters. The Morgan fingerprint density at radius 2 is 1.67 bits per heavy atom. The molecule has 2 aliphatic rings. The number of methoxy groups -OCH3 is 1. The van der Waals surface area contributed by atoms with Crippen molar-refractivity contribution in [3.63, 3.8) is 0 Å². The molecule has 0 spiro atoms. The summed E-state index contributed by atoms with van der Waals surface area (Å²) < 4.78 is 24.2. The number of hydrogen-bond acceptors (Lipinski definition) is 4. The molecule has 27 heavy (non-hydrogen) atoms. The lowest BCUT2D eigenvalue weighted by Gasteiger charge is -2.24. The van der Waals surface area contributed by atoms with E-state index in [-0.39, 0.29) is 25.5 Å². The highest BCUT2D eigenvalue weighted by molar-refractivity contribution is 5.83. The molecule has 1 aliphatic carbocycles. The number of carbonyl (C=O) groups excluding carboxylic acids is 2. The third-order valence-electron chi connectivity index (χ3n) is 5.34. The minimum Gasteiger partial charge on any atom is -0.467 e. The highest BCUT2D eigenvalue weighted by atomic mass is 19.1. The molecule has 0 saturated carbocycles. The Bertz CT molecular complexity index is 838. The van der Waals surface area contributed by atoms with E-state index >= 15 is 0 Å². The summed E-state index contributed by atoms with van der Waals surface area (Å²) in [6.07, 6.45) is -2.02. The SMILES string of the molecule is COC(=O)[C@@H]1[C@@H](F)CCN1C(=O)OCC1c2ccccc2-c2ccccc21. The molecule has 1 amide bonds. The highest BCUT2D eigenvalue weighted by Crippen LogP contribution is 2.44. The minimum absolute atomic E-state index is 0.0818. The summed E-state index contributed by atoms with van der Waals surface area (Å²) in [5, 5.41) is 0. The molecule has 0 aromatic heterocycles. The van der Waals surface area contributed by atoms with Gasteiger partial charge in [-0.3, -0.25) is 4.90 Å². The molecule has 5 nitrogen and oxygen atoms in total. The summed E-state index contributed by atoms with van der Waals surface area (Å²) in [6, 6.07) is 14.8. The number of halogens is 1. The Balaban J connectivity index is 1.52. The van der Waals surface area contributed by atoms with Crippen LogP contribution in [0.25, 0.3) is 11.1 Å². The molecule has 1 aliphatic heterocycles. The summed E-state index contributed by atoms with van der Waals surface area (Å²) in [5.41, 5.74) is 4.46. The molecule has 0 unspecified atom stereocenters. The van der Waals surface area contributed by atoms with E-state index in [1.165, 1.54) is 7.11 Å². The second-order valence-electron chi connectivity index (χ2n) is 6.77. The number of nitrogens with zero attached hydrogens (tertiary/aromatic N) is 1. The summed E-state index contributed by atoms with van der Waals surface area (Å²) in [4.78, 5) is 25.5. The first-order valence-corrected chi connectivity index (χ1v) is 8.95. The van der Waals surface area contributed by atoms with Crippen molar-refractivity contribution in [2.24, 2.45) is 0 Å². The number of ether oxygens (including phenoxy) is 2. The maximum Gasteiger partial charge on any atom is 0.410 e. The molecule has 4 rings (SSSR count). The van der Waals surface area contributed by atoms with Gasteiger partial charge in [0, 0.05) is 12.5 Å². The topological polar surface area (TPSA) is 55.8 Å². The molecule has 140 valence electrons. The predicted molar refractivity (Wildman–Crippen MR) is 97.1 cm³/mol. The fraction of sp³-hybridized carbons (Fsp3) is 0.333. The zero-order valence-electron chi connectivity index (χ0n) is 14.9. The fourth-order valence-electron chi connectivity index (χ4n) is 4.03. The average molecular weight is 369 g/mol. The van der Waals surface area contributed by atoms with Crippen molar-refractivity contribution in [1.82, 2.24) is 4.90 Å².